The molecule has 0 atom stereocenters. The lowest BCUT2D eigenvalue weighted by Gasteiger charge is -2.22. The van der Waals surface area contributed by atoms with Crippen molar-refractivity contribution in [3.05, 3.63) is 52.1 Å². The molecular weight excluding hydrogens is 347 g/mol. The number of nitrogen functional groups attached to an aromatic ring is 1. The van der Waals surface area contributed by atoms with Crippen LogP contribution in [0.4, 0.5) is 24.7 Å². The number of nitrogens with zero attached hydrogens (tertiary/aromatic N) is 2. The van der Waals surface area contributed by atoms with Crippen LogP contribution in [-0.4, -0.2) is 12.0 Å². The van der Waals surface area contributed by atoms with Gasteiger partial charge in [-0.1, -0.05) is 12.1 Å². The van der Waals surface area contributed by atoms with Crippen molar-refractivity contribution in [2.75, 3.05) is 17.7 Å². The van der Waals surface area contributed by atoms with Crippen molar-refractivity contribution < 1.29 is 13.2 Å². The maximum atomic E-state index is 13.1. The van der Waals surface area contributed by atoms with Gasteiger partial charge in [0.25, 0.3) is 0 Å². The summed E-state index contributed by atoms with van der Waals surface area (Å²) in [5.41, 5.74) is 6.28. The number of halogens is 4. The fourth-order valence-corrected chi connectivity index (χ4v) is 2.32. The van der Waals surface area contributed by atoms with Crippen LogP contribution in [0, 0.1) is 0 Å². The molecule has 2 aromatic rings. The van der Waals surface area contributed by atoms with Crippen LogP contribution in [0.2, 0.25) is 0 Å². The van der Waals surface area contributed by atoms with Crippen LogP contribution >= 0.6 is 15.9 Å². The zero-order valence-corrected chi connectivity index (χ0v) is 12.7. The topological polar surface area (TPSA) is 42.1 Å². The number of rotatable bonds is 3. The molecule has 112 valence electrons. The molecule has 1 heterocycles. The Kier molecular flexibility index (Phi) is 4.41. The van der Waals surface area contributed by atoms with Crippen LogP contribution in [0.25, 0.3) is 0 Å². The predicted molar refractivity (Wildman–Crippen MR) is 79.9 cm³/mol. The molecule has 2 rings (SSSR count). The molecule has 0 aliphatic heterocycles. The van der Waals surface area contributed by atoms with Crippen LogP contribution < -0.4 is 10.6 Å². The Morgan fingerprint density at radius 2 is 2.00 bits per heavy atom. The Morgan fingerprint density at radius 1 is 1.29 bits per heavy atom. The minimum Gasteiger partial charge on any atom is -0.399 e. The van der Waals surface area contributed by atoms with Gasteiger partial charge in [-0.05, 0) is 39.7 Å². The first kappa shape index (κ1) is 15.6. The lowest BCUT2D eigenvalue weighted by atomic mass is 10.1. The number of benzene rings is 1. The van der Waals surface area contributed by atoms with Crippen LogP contribution in [0.15, 0.2) is 41.0 Å². The van der Waals surface area contributed by atoms with Gasteiger partial charge in [0.1, 0.15) is 5.82 Å². The van der Waals surface area contributed by atoms with Crippen LogP contribution in [-0.2, 0) is 12.7 Å². The molecular formula is C14H13BrF3N3. The number of hydrogen-bond donors (Lipinski definition) is 1. The van der Waals surface area contributed by atoms with E-state index in [2.05, 4.69) is 20.9 Å². The molecule has 3 nitrogen and oxygen atoms in total. The number of hydrogen-bond acceptors (Lipinski definition) is 3. The highest BCUT2D eigenvalue weighted by Crippen LogP contribution is 2.36. The number of pyridine rings is 1. The molecule has 0 spiro atoms. The first-order chi connectivity index (χ1) is 9.77. The molecule has 7 heteroatoms. The first-order valence-electron chi connectivity index (χ1n) is 6.05. The molecule has 0 saturated heterocycles. The van der Waals surface area contributed by atoms with Gasteiger partial charge in [0.15, 0.2) is 0 Å². The van der Waals surface area contributed by atoms with Gasteiger partial charge in [-0.25, -0.2) is 4.98 Å². The van der Waals surface area contributed by atoms with Crippen molar-refractivity contribution in [3.63, 3.8) is 0 Å². The van der Waals surface area contributed by atoms with E-state index in [1.165, 1.54) is 11.1 Å². The monoisotopic (exact) mass is 359 g/mol. The van der Waals surface area contributed by atoms with Gasteiger partial charge >= 0.3 is 6.18 Å². The Labute approximate surface area is 128 Å². The third kappa shape index (κ3) is 3.87. The molecule has 0 radical (unpaired) electrons. The van der Waals surface area contributed by atoms with Gasteiger partial charge < -0.3 is 10.6 Å². The average Bonchev–Trinajstić information content (AvgIpc) is 2.37. The van der Waals surface area contributed by atoms with E-state index in [0.717, 1.165) is 11.6 Å². The second-order valence-corrected chi connectivity index (χ2v) is 5.54. The third-order valence-electron chi connectivity index (χ3n) is 2.87. The lowest BCUT2D eigenvalue weighted by molar-refractivity contribution is -0.137. The number of alkyl halides is 3. The molecule has 0 amide bonds. The van der Waals surface area contributed by atoms with E-state index in [4.69, 9.17) is 5.73 Å². The summed E-state index contributed by atoms with van der Waals surface area (Å²) in [4.78, 5) is 5.34. The summed E-state index contributed by atoms with van der Waals surface area (Å²) in [6.07, 6.45) is -3.11. The molecule has 0 fully saturated rings. The normalized spacial score (nSPS) is 11.5. The van der Waals surface area contributed by atoms with Gasteiger partial charge in [-0.2, -0.15) is 13.2 Å². The fourth-order valence-electron chi connectivity index (χ4n) is 1.99. The summed E-state index contributed by atoms with van der Waals surface area (Å²) in [6.45, 7) is 0.281. The number of anilines is 2. The van der Waals surface area contributed by atoms with E-state index in [1.807, 2.05) is 0 Å². The van der Waals surface area contributed by atoms with E-state index in [1.54, 1.807) is 31.3 Å². The SMILES string of the molecule is CN(Cc1cccc(N)c1)c1ncc(Br)cc1C(F)(F)F. The summed E-state index contributed by atoms with van der Waals surface area (Å²) < 4.78 is 39.5. The molecule has 21 heavy (non-hydrogen) atoms. The molecule has 1 aromatic heterocycles. The maximum absolute atomic E-state index is 13.1. The quantitative estimate of drug-likeness (QED) is 0.839. The lowest BCUT2D eigenvalue weighted by Crippen LogP contribution is -2.22. The Morgan fingerprint density at radius 3 is 2.62 bits per heavy atom. The second kappa shape index (κ2) is 5.93. The maximum Gasteiger partial charge on any atom is 0.419 e. The van der Waals surface area contributed by atoms with Crippen LogP contribution in [0.3, 0.4) is 0 Å². The minimum absolute atomic E-state index is 0.117. The molecule has 1 aromatic carbocycles. The molecule has 0 saturated carbocycles. The van der Waals surface area contributed by atoms with Gasteiger partial charge in [-0.3, -0.25) is 0 Å². The van der Waals surface area contributed by atoms with Crippen molar-refractivity contribution in [3.8, 4) is 0 Å². The van der Waals surface area contributed by atoms with Crippen LogP contribution in [0.5, 0.6) is 0 Å². The Bertz CT molecular complexity index is 644. The van der Waals surface area contributed by atoms with Gasteiger partial charge in [0.05, 0.1) is 5.56 Å². The van der Waals surface area contributed by atoms with Gasteiger partial charge in [-0.15, -0.1) is 0 Å². The molecule has 0 bridgehead atoms. The summed E-state index contributed by atoms with van der Waals surface area (Å²) in [5, 5.41) is 0. The van der Waals surface area contributed by atoms with E-state index < -0.39 is 11.7 Å². The zero-order valence-electron chi connectivity index (χ0n) is 11.2. The predicted octanol–water partition coefficient (Wildman–Crippen LogP) is 4.08. The van der Waals surface area contributed by atoms with E-state index >= 15 is 0 Å². The largest absolute Gasteiger partial charge is 0.419 e. The van der Waals surface area contributed by atoms with Gasteiger partial charge in [0, 0.05) is 29.9 Å². The molecule has 0 aliphatic carbocycles. The first-order valence-corrected chi connectivity index (χ1v) is 6.85. The molecule has 2 N–H and O–H groups in total. The van der Waals surface area contributed by atoms with Crippen molar-refractivity contribution in [2.45, 2.75) is 12.7 Å². The standard InChI is InChI=1S/C14H13BrF3N3/c1-21(8-9-3-2-4-11(19)5-9)13-12(14(16,17)18)6-10(15)7-20-13/h2-7H,8,19H2,1H3. The molecule has 0 unspecified atom stereocenters. The Hall–Kier alpha value is -1.76. The zero-order chi connectivity index (χ0) is 15.6. The third-order valence-corrected chi connectivity index (χ3v) is 3.30. The van der Waals surface area contributed by atoms with Crippen molar-refractivity contribution >= 4 is 27.4 Å². The second-order valence-electron chi connectivity index (χ2n) is 4.62. The van der Waals surface area contributed by atoms with Crippen molar-refractivity contribution in [2.24, 2.45) is 0 Å². The summed E-state index contributed by atoms with van der Waals surface area (Å²) in [7, 11) is 1.56. The molecule has 0 aliphatic rings. The van der Waals surface area contributed by atoms with E-state index in [9.17, 15) is 13.2 Å². The highest BCUT2D eigenvalue weighted by atomic mass is 79.9. The average molecular weight is 360 g/mol. The van der Waals surface area contributed by atoms with Crippen LogP contribution in [0.1, 0.15) is 11.1 Å². The summed E-state index contributed by atoms with van der Waals surface area (Å²) in [5.74, 6) is -0.117. The summed E-state index contributed by atoms with van der Waals surface area (Å²) >= 11 is 3.02. The smallest absolute Gasteiger partial charge is 0.399 e. The van der Waals surface area contributed by atoms with Crippen molar-refractivity contribution in [1.29, 1.82) is 0 Å². The summed E-state index contributed by atoms with van der Waals surface area (Å²) in [6, 6.07) is 8.04. The van der Waals surface area contributed by atoms with E-state index in [0.29, 0.717) is 5.69 Å². The number of nitrogens with two attached hydrogens (primary N) is 1. The highest BCUT2D eigenvalue weighted by molar-refractivity contribution is 9.10. The van der Waals surface area contributed by atoms with Crippen molar-refractivity contribution in [1.82, 2.24) is 4.98 Å². The number of aromatic nitrogens is 1. The minimum atomic E-state index is -4.46. The van der Waals surface area contributed by atoms with E-state index in [-0.39, 0.29) is 16.8 Å². The van der Waals surface area contributed by atoms with Gasteiger partial charge in [0.2, 0.25) is 0 Å². The fraction of sp³-hybridized carbons (Fsp3) is 0.214. The highest BCUT2D eigenvalue weighted by Gasteiger charge is 2.35. The Balaban J connectivity index is 2.33.